The zero-order valence-electron chi connectivity index (χ0n) is 10.9. The predicted octanol–water partition coefficient (Wildman–Crippen LogP) is 1.75. The van der Waals surface area contributed by atoms with Gasteiger partial charge < -0.3 is 10.0 Å². The molecule has 20 heavy (non-hydrogen) atoms. The zero-order chi connectivity index (χ0) is 14.9. The predicted molar refractivity (Wildman–Crippen MR) is 64.4 cm³/mol. The molecule has 1 aromatic heterocycles. The van der Waals surface area contributed by atoms with Crippen molar-refractivity contribution in [1.82, 2.24) is 14.7 Å². The second kappa shape index (κ2) is 5.18. The summed E-state index contributed by atoms with van der Waals surface area (Å²) in [6.07, 6.45) is 2.73. The van der Waals surface area contributed by atoms with Crippen LogP contribution in [0.5, 0.6) is 0 Å². The molecule has 110 valence electrons. The molecule has 1 aliphatic heterocycles. The van der Waals surface area contributed by atoms with Crippen LogP contribution in [0, 0.1) is 0 Å². The van der Waals surface area contributed by atoms with Gasteiger partial charge in [0.2, 0.25) is 0 Å². The first kappa shape index (κ1) is 14.4. The summed E-state index contributed by atoms with van der Waals surface area (Å²) in [5.74, 6) is -1.73. The van der Waals surface area contributed by atoms with Gasteiger partial charge in [-0.25, -0.2) is 9.48 Å². The Morgan fingerprint density at radius 1 is 1.45 bits per heavy atom. The Kier molecular flexibility index (Phi) is 3.74. The molecule has 1 saturated heterocycles. The first-order valence-corrected chi connectivity index (χ1v) is 6.25. The summed E-state index contributed by atoms with van der Waals surface area (Å²) in [6, 6.07) is 1.17. The van der Waals surface area contributed by atoms with Gasteiger partial charge in [-0.2, -0.15) is 13.9 Å². The third-order valence-corrected chi connectivity index (χ3v) is 3.62. The van der Waals surface area contributed by atoms with E-state index in [1.165, 1.54) is 17.9 Å². The van der Waals surface area contributed by atoms with Crippen LogP contribution in [0.1, 0.15) is 43.2 Å². The summed E-state index contributed by atoms with van der Waals surface area (Å²) < 4.78 is 25.3. The van der Waals surface area contributed by atoms with E-state index in [9.17, 15) is 23.5 Å². The Balaban J connectivity index is 2.27. The Bertz CT molecular complexity index is 532. The second-order valence-electron chi connectivity index (χ2n) is 4.95. The summed E-state index contributed by atoms with van der Waals surface area (Å²) in [5.41, 5.74) is -1.48. The number of aromatic nitrogens is 2. The third kappa shape index (κ3) is 2.37. The maximum atomic E-state index is 12.4. The van der Waals surface area contributed by atoms with Crippen molar-refractivity contribution < 1.29 is 23.5 Å². The van der Waals surface area contributed by atoms with Crippen LogP contribution < -0.4 is 0 Å². The summed E-state index contributed by atoms with van der Waals surface area (Å²) >= 11 is 0. The van der Waals surface area contributed by atoms with Crippen LogP contribution in [0.2, 0.25) is 0 Å². The van der Waals surface area contributed by atoms with Crippen LogP contribution in [0.4, 0.5) is 8.78 Å². The van der Waals surface area contributed by atoms with Crippen LogP contribution in [0.25, 0.3) is 0 Å². The van der Waals surface area contributed by atoms with Crippen molar-refractivity contribution in [2.24, 2.45) is 0 Å². The molecular weight excluding hydrogens is 272 g/mol. The van der Waals surface area contributed by atoms with E-state index in [1.54, 1.807) is 0 Å². The van der Waals surface area contributed by atoms with Crippen LogP contribution >= 0.6 is 0 Å². The average molecular weight is 287 g/mol. The molecule has 1 N–H and O–H groups in total. The van der Waals surface area contributed by atoms with E-state index in [2.05, 4.69) is 5.10 Å². The molecule has 2 rings (SSSR count). The number of piperidine rings is 1. The smallest absolute Gasteiger partial charge is 0.333 e. The monoisotopic (exact) mass is 287 g/mol. The molecule has 0 bridgehead atoms. The SMILES string of the molecule is C[C@]1(C(=O)O)CCCCN1C(=O)c1ccn(C(F)F)n1. The number of amides is 1. The van der Waals surface area contributed by atoms with Gasteiger partial charge in [-0.05, 0) is 32.3 Å². The highest BCUT2D eigenvalue weighted by molar-refractivity contribution is 5.96. The van der Waals surface area contributed by atoms with Crippen molar-refractivity contribution in [2.45, 2.75) is 38.3 Å². The first-order valence-electron chi connectivity index (χ1n) is 6.25. The minimum Gasteiger partial charge on any atom is -0.480 e. The highest BCUT2D eigenvalue weighted by Crippen LogP contribution is 2.29. The lowest BCUT2D eigenvalue weighted by atomic mass is 9.88. The van der Waals surface area contributed by atoms with Crippen LogP contribution in [-0.2, 0) is 4.79 Å². The molecule has 0 saturated carbocycles. The van der Waals surface area contributed by atoms with E-state index in [-0.39, 0.29) is 12.2 Å². The molecule has 0 radical (unpaired) electrons. The molecule has 0 aromatic carbocycles. The third-order valence-electron chi connectivity index (χ3n) is 3.62. The molecule has 0 unspecified atom stereocenters. The number of likely N-dealkylation sites (tertiary alicyclic amines) is 1. The number of aliphatic carboxylic acids is 1. The van der Waals surface area contributed by atoms with Crippen LogP contribution in [-0.4, -0.2) is 43.7 Å². The van der Waals surface area contributed by atoms with Gasteiger partial charge in [-0.1, -0.05) is 0 Å². The van der Waals surface area contributed by atoms with E-state index in [0.29, 0.717) is 23.9 Å². The Morgan fingerprint density at radius 3 is 2.70 bits per heavy atom. The van der Waals surface area contributed by atoms with E-state index in [4.69, 9.17) is 0 Å². The summed E-state index contributed by atoms with van der Waals surface area (Å²) in [6.45, 7) is -1.08. The molecule has 0 spiro atoms. The number of alkyl halides is 2. The second-order valence-corrected chi connectivity index (χ2v) is 4.95. The standard InChI is InChI=1S/C12H15F2N3O3/c1-12(10(19)20)5-2-3-6-16(12)9(18)8-4-7-17(15-8)11(13)14/h4,7,11H,2-3,5-6H2,1H3,(H,19,20)/t12-/m1/s1. The Labute approximate surface area is 114 Å². The number of carboxylic acids is 1. The average Bonchev–Trinajstić information content (AvgIpc) is 2.88. The minimum absolute atomic E-state index is 0.167. The number of hydrogen-bond donors (Lipinski definition) is 1. The van der Waals surface area contributed by atoms with Gasteiger partial charge in [0.05, 0.1) is 0 Å². The van der Waals surface area contributed by atoms with Crippen molar-refractivity contribution >= 4 is 11.9 Å². The maximum absolute atomic E-state index is 12.4. The molecule has 0 aliphatic carbocycles. The minimum atomic E-state index is -2.83. The van der Waals surface area contributed by atoms with Crippen LogP contribution in [0.15, 0.2) is 12.3 Å². The number of carbonyl (C=O) groups is 2. The summed E-state index contributed by atoms with van der Waals surface area (Å²) in [7, 11) is 0. The van der Waals surface area contributed by atoms with Crippen molar-refractivity contribution in [2.75, 3.05) is 6.54 Å². The Morgan fingerprint density at radius 2 is 2.15 bits per heavy atom. The van der Waals surface area contributed by atoms with Gasteiger partial charge in [0.25, 0.3) is 5.91 Å². The van der Waals surface area contributed by atoms with Crippen molar-refractivity contribution in [3.8, 4) is 0 Å². The lowest BCUT2D eigenvalue weighted by Crippen LogP contribution is -2.57. The van der Waals surface area contributed by atoms with E-state index in [1.807, 2.05) is 0 Å². The number of carbonyl (C=O) groups excluding carboxylic acids is 1. The quantitative estimate of drug-likeness (QED) is 0.919. The van der Waals surface area contributed by atoms with Crippen molar-refractivity contribution in [1.29, 1.82) is 0 Å². The highest BCUT2D eigenvalue weighted by atomic mass is 19.3. The fourth-order valence-corrected chi connectivity index (χ4v) is 2.37. The van der Waals surface area contributed by atoms with Gasteiger partial charge >= 0.3 is 12.5 Å². The molecule has 1 aromatic rings. The van der Waals surface area contributed by atoms with Gasteiger partial charge in [0, 0.05) is 12.7 Å². The van der Waals surface area contributed by atoms with E-state index >= 15 is 0 Å². The van der Waals surface area contributed by atoms with Gasteiger partial charge in [0.15, 0.2) is 5.69 Å². The lowest BCUT2D eigenvalue weighted by molar-refractivity contribution is -0.150. The fraction of sp³-hybridized carbons (Fsp3) is 0.583. The number of hydrogen-bond acceptors (Lipinski definition) is 3. The molecule has 1 fully saturated rings. The van der Waals surface area contributed by atoms with E-state index < -0.39 is 24.0 Å². The fourth-order valence-electron chi connectivity index (χ4n) is 2.37. The number of nitrogens with zero attached hydrogens (tertiary/aromatic N) is 3. The van der Waals surface area contributed by atoms with Gasteiger partial charge in [0.1, 0.15) is 5.54 Å². The largest absolute Gasteiger partial charge is 0.480 e. The molecule has 2 heterocycles. The van der Waals surface area contributed by atoms with E-state index in [0.717, 1.165) is 6.20 Å². The highest BCUT2D eigenvalue weighted by Gasteiger charge is 2.44. The molecule has 1 atom stereocenters. The normalized spacial score (nSPS) is 23.1. The van der Waals surface area contributed by atoms with Crippen LogP contribution in [0.3, 0.4) is 0 Å². The topological polar surface area (TPSA) is 75.4 Å². The molecule has 1 aliphatic rings. The molecule has 6 nitrogen and oxygen atoms in total. The van der Waals surface area contributed by atoms with Crippen molar-refractivity contribution in [3.05, 3.63) is 18.0 Å². The number of carboxylic acid groups (broad SMARTS) is 1. The molecule has 8 heteroatoms. The Hall–Kier alpha value is -1.99. The summed E-state index contributed by atoms with van der Waals surface area (Å²) in [5, 5.41) is 12.8. The summed E-state index contributed by atoms with van der Waals surface area (Å²) in [4.78, 5) is 24.9. The maximum Gasteiger partial charge on any atom is 0.333 e. The van der Waals surface area contributed by atoms with Crippen molar-refractivity contribution in [3.63, 3.8) is 0 Å². The van der Waals surface area contributed by atoms with Gasteiger partial charge in [-0.15, -0.1) is 0 Å². The van der Waals surface area contributed by atoms with Gasteiger partial charge in [-0.3, -0.25) is 4.79 Å². The first-order chi connectivity index (χ1) is 9.36. The lowest BCUT2D eigenvalue weighted by Gasteiger charge is -2.41. The molecular formula is C12H15F2N3O3. The number of rotatable bonds is 3. The zero-order valence-corrected chi connectivity index (χ0v) is 10.9. The molecule has 1 amide bonds. The number of halogens is 2.